The normalized spacial score (nSPS) is 13.1. The Bertz CT molecular complexity index is 192. The maximum Gasteiger partial charge on any atom is 0.222 e. The summed E-state index contributed by atoms with van der Waals surface area (Å²) >= 11 is 0. The summed E-state index contributed by atoms with van der Waals surface area (Å²) in [5, 5.41) is 2.77. The first-order chi connectivity index (χ1) is 6.55. The molecule has 0 bridgehead atoms. The van der Waals surface area contributed by atoms with Crippen LogP contribution in [0.15, 0.2) is 0 Å². The molecule has 0 heterocycles. The molecule has 0 aliphatic carbocycles. The number of hydrogen-bond donors (Lipinski definition) is 1. The Balaban J connectivity index is 4.53. The second-order valence-corrected chi connectivity index (χ2v) is 6.84. The predicted molar refractivity (Wildman–Crippen MR) is 65.7 cm³/mol. The smallest absolute Gasteiger partial charge is 0.222 e. The van der Waals surface area contributed by atoms with E-state index >= 15 is 0 Å². The van der Waals surface area contributed by atoms with Gasteiger partial charge in [0, 0.05) is 13.0 Å². The molecular formula is C13H27NO. The minimum Gasteiger partial charge on any atom is -0.359 e. The van der Waals surface area contributed by atoms with Gasteiger partial charge in [0.1, 0.15) is 0 Å². The summed E-state index contributed by atoms with van der Waals surface area (Å²) < 4.78 is 0. The van der Waals surface area contributed by atoms with Crippen molar-refractivity contribution >= 4 is 5.91 Å². The molecule has 0 spiro atoms. The summed E-state index contributed by atoms with van der Waals surface area (Å²) in [6, 6.07) is 0. The second-order valence-electron chi connectivity index (χ2n) is 6.84. The van der Waals surface area contributed by atoms with Crippen molar-refractivity contribution in [1.29, 1.82) is 0 Å². The Hall–Kier alpha value is -0.530. The van der Waals surface area contributed by atoms with E-state index in [9.17, 15) is 4.79 Å². The van der Waals surface area contributed by atoms with Gasteiger partial charge in [0.05, 0.1) is 0 Å². The highest BCUT2D eigenvalue weighted by molar-refractivity contribution is 5.78. The van der Waals surface area contributed by atoms with E-state index in [1.54, 1.807) is 7.05 Å². The first-order valence-electron chi connectivity index (χ1n) is 5.77. The monoisotopic (exact) mass is 213 g/mol. The minimum atomic E-state index is 0.134. The van der Waals surface area contributed by atoms with Gasteiger partial charge in [0.2, 0.25) is 5.91 Å². The molecule has 0 saturated heterocycles. The summed E-state index contributed by atoms with van der Waals surface area (Å²) in [5.41, 5.74) is 0.421. The molecule has 1 amide bonds. The number of amides is 1. The molecule has 0 saturated carbocycles. The highest BCUT2D eigenvalue weighted by Gasteiger charge is 2.28. The van der Waals surface area contributed by atoms with Gasteiger partial charge in [-0.2, -0.15) is 0 Å². The Labute approximate surface area is 94.8 Å². The van der Waals surface area contributed by atoms with Gasteiger partial charge in [0.25, 0.3) is 0 Å². The number of carbonyl (C=O) groups is 1. The molecule has 1 N–H and O–H groups in total. The molecule has 2 heteroatoms. The van der Waals surface area contributed by atoms with Crippen molar-refractivity contribution in [2.75, 3.05) is 7.05 Å². The predicted octanol–water partition coefficient (Wildman–Crippen LogP) is 3.22. The molecule has 0 aromatic heterocycles. The zero-order valence-corrected chi connectivity index (χ0v) is 11.4. The quantitative estimate of drug-likeness (QED) is 0.766. The fourth-order valence-corrected chi connectivity index (χ4v) is 1.94. The van der Waals surface area contributed by atoms with Gasteiger partial charge in [-0.15, -0.1) is 0 Å². The maximum absolute atomic E-state index is 11.8. The zero-order valence-electron chi connectivity index (χ0n) is 11.4. The maximum atomic E-state index is 11.8. The molecule has 2 nitrogen and oxygen atoms in total. The third-order valence-corrected chi connectivity index (χ3v) is 2.33. The highest BCUT2D eigenvalue weighted by atomic mass is 16.1. The molecule has 0 fully saturated rings. The third-order valence-electron chi connectivity index (χ3n) is 2.33. The van der Waals surface area contributed by atoms with Crippen LogP contribution in [-0.2, 0) is 4.79 Å². The lowest BCUT2D eigenvalue weighted by Crippen LogP contribution is -2.33. The molecule has 0 radical (unpaired) electrons. The molecular weight excluding hydrogens is 186 g/mol. The first kappa shape index (κ1) is 14.5. The summed E-state index contributed by atoms with van der Waals surface area (Å²) in [6.07, 6.45) is 1.90. The standard InChI is InChI=1S/C13H27NO/c1-12(2,3)8-10(11(15)14-7)9-13(4,5)6/h10H,8-9H2,1-7H3,(H,14,15). The van der Waals surface area contributed by atoms with E-state index in [4.69, 9.17) is 0 Å². The van der Waals surface area contributed by atoms with Crippen molar-refractivity contribution in [3.63, 3.8) is 0 Å². The molecule has 0 aromatic rings. The Morgan fingerprint density at radius 1 is 1.00 bits per heavy atom. The van der Waals surface area contributed by atoms with Gasteiger partial charge in [-0.3, -0.25) is 4.79 Å². The van der Waals surface area contributed by atoms with E-state index in [0.717, 1.165) is 12.8 Å². The number of nitrogens with one attached hydrogen (secondary N) is 1. The van der Waals surface area contributed by atoms with Gasteiger partial charge in [-0.05, 0) is 23.7 Å². The molecule has 90 valence electrons. The Morgan fingerprint density at radius 2 is 1.33 bits per heavy atom. The average Bonchev–Trinajstić information content (AvgIpc) is 1.96. The minimum absolute atomic E-state index is 0.134. The largest absolute Gasteiger partial charge is 0.359 e. The molecule has 0 aliphatic rings. The van der Waals surface area contributed by atoms with Crippen LogP contribution in [0, 0.1) is 16.7 Å². The van der Waals surface area contributed by atoms with Crippen LogP contribution in [0.1, 0.15) is 54.4 Å². The van der Waals surface area contributed by atoms with Crippen molar-refractivity contribution in [1.82, 2.24) is 5.32 Å². The lowest BCUT2D eigenvalue weighted by molar-refractivity contribution is -0.126. The van der Waals surface area contributed by atoms with Crippen molar-refractivity contribution < 1.29 is 4.79 Å². The summed E-state index contributed by atoms with van der Waals surface area (Å²) in [7, 11) is 1.72. The van der Waals surface area contributed by atoms with Crippen LogP contribution < -0.4 is 5.32 Å². The lowest BCUT2D eigenvalue weighted by Gasteiger charge is -2.29. The van der Waals surface area contributed by atoms with Crippen molar-refractivity contribution in [2.24, 2.45) is 16.7 Å². The average molecular weight is 213 g/mol. The van der Waals surface area contributed by atoms with Crippen LogP contribution in [0.4, 0.5) is 0 Å². The van der Waals surface area contributed by atoms with Gasteiger partial charge < -0.3 is 5.32 Å². The molecule has 0 rings (SSSR count). The first-order valence-corrected chi connectivity index (χ1v) is 5.77. The Kier molecular flexibility index (Phi) is 4.82. The van der Waals surface area contributed by atoms with E-state index < -0.39 is 0 Å². The van der Waals surface area contributed by atoms with E-state index in [1.807, 2.05) is 0 Å². The number of carbonyl (C=O) groups excluding carboxylic acids is 1. The van der Waals surface area contributed by atoms with Crippen molar-refractivity contribution in [3.05, 3.63) is 0 Å². The van der Waals surface area contributed by atoms with Crippen LogP contribution in [0.25, 0.3) is 0 Å². The molecule has 0 unspecified atom stereocenters. The number of hydrogen-bond acceptors (Lipinski definition) is 1. The molecule has 15 heavy (non-hydrogen) atoms. The second kappa shape index (κ2) is 5.00. The summed E-state index contributed by atoms with van der Waals surface area (Å²) in [5.74, 6) is 0.315. The van der Waals surface area contributed by atoms with Crippen LogP contribution in [0.3, 0.4) is 0 Å². The highest BCUT2D eigenvalue weighted by Crippen LogP contribution is 2.32. The lowest BCUT2D eigenvalue weighted by atomic mass is 9.76. The van der Waals surface area contributed by atoms with Crippen LogP contribution in [0.2, 0.25) is 0 Å². The van der Waals surface area contributed by atoms with Crippen LogP contribution in [-0.4, -0.2) is 13.0 Å². The number of rotatable bonds is 3. The fraction of sp³-hybridized carbons (Fsp3) is 0.923. The van der Waals surface area contributed by atoms with Crippen LogP contribution in [0.5, 0.6) is 0 Å². The van der Waals surface area contributed by atoms with Gasteiger partial charge in [0.15, 0.2) is 0 Å². The van der Waals surface area contributed by atoms with Gasteiger partial charge >= 0.3 is 0 Å². The molecule has 0 aliphatic heterocycles. The van der Waals surface area contributed by atoms with E-state index in [2.05, 4.69) is 46.9 Å². The zero-order chi connectivity index (χ0) is 12.3. The van der Waals surface area contributed by atoms with Gasteiger partial charge in [-0.25, -0.2) is 0 Å². The van der Waals surface area contributed by atoms with E-state index in [-0.39, 0.29) is 22.7 Å². The third kappa shape index (κ3) is 7.40. The molecule has 0 atom stereocenters. The van der Waals surface area contributed by atoms with E-state index in [0.29, 0.717) is 0 Å². The van der Waals surface area contributed by atoms with Crippen molar-refractivity contribution in [2.45, 2.75) is 54.4 Å². The summed E-state index contributed by atoms with van der Waals surface area (Å²) in [6.45, 7) is 13.1. The molecule has 0 aromatic carbocycles. The van der Waals surface area contributed by atoms with E-state index in [1.165, 1.54) is 0 Å². The Morgan fingerprint density at radius 3 is 1.53 bits per heavy atom. The van der Waals surface area contributed by atoms with Gasteiger partial charge in [-0.1, -0.05) is 41.5 Å². The van der Waals surface area contributed by atoms with Crippen LogP contribution >= 0.6 is 0 Å². The summed E-state index contributed by atoms with van der Waals surface area (Å²) in [4.78, 5) is 11.8. The topological polar surface area (TPSA) is 29.1 Å². The van der Waals surface area contributed by atoms with Crippen molar-refractivity contribution in [3.8, 4) is 0 Å². The SMILES string of the molecule is CNC(=O)C(CC(C)(C)C)CC(C)(C)C. The fourth-order valence-electron chi connectivity index (χ4n) is 1.94.